The number of carbonyl (C=O) groups excluding carboxylic acids is 7. The molecule has 7 fully saturated rings. The number of hydrogen-bond acceptors (Lipinski definition) is 42. The first-order valence-corrected chi connectivity index (χ1v) is 50.3. The van der Waals surface area contributed by atoms with E-state index in [1.807, 2.05) is 6.08 Å². The largest absolute Gasteiger partial charge is 0.544 e. The monoisotopic (exact) mass is 2030 g/mol. The van der Waals surface area contributed by atoms with Crippen LogP contribution in [0.3, 0.4) is 0 Å². The molecule has 5 amide bonds. The predicted octanol–water partition coefficient (Wildman–Crippen LogP) is -5.92. The Bertz CT molecular complexity index is 3630. The highest BCUT2D eigenvalue weighted by Crippen LogP contribution is 2.44. The van der Waals surface area contributed by atoms with E-state index in [2.05, 4.69) is 40.4 Å². The molecule has 36 unspecified atom stereocenters. The number of nitrogens with one attached hydrogen (secondary N) is 5. The van der Waals surface area contributed by atoms with E-state index >= 15 is 0 Å². The lowest BCUT2D eigenvalue weighted by molar-refractivity contribution is -0.422. The van der Waals surface area contributed by atoms with Crippen LogP contribution in [0.4, 0.5) is 0 Å². The third-order valence-electron chi connectivity index (χ3n) is 26.6. The van der Waals surface area contributed by atoms with Gasteiger partial charge in [-0.05, 0) is 19.3 Å². The van der Waals surface area contributed by atoms with Crippen LogP contribution < -0.4 is 36.8 Å². The lowest BCUT2D eigenvalue weighted by Crippen LogP contribution is -2.73. The zero-order chi connectivity index (χ0) is 104. The van der Waals surface area contributed by atoms with Crippen molar-refractivity contribution in [3.05, 3.63) is 18.6 Å². The summed E-state index contributed by atoms with van der Waals surface area (Å²) in [6, 6.07) is -8.10. The number of amides is 5. The number of unbranched alkanes of at least 4 members (excludes halogenated alkanes) is 25. The van der Waals surface area contributed by atoms with Gasteiger partial charge in [0.15, 0.2) is 31.5 Å². The number of aliphatic hydroxyl groups is 19. The molecule has 7 aliphatic rings. The van der Waals surface area contributed by atoms with E-state index in [4.69, 9.17) is 66.3 Å². The third-order valence-corrected chi connectivity index (χ3v) is 26.6. The van der Waals surface area contributed by atoms with Gasteiger partial charge in [0.25, 0.3) is 0 Å². The molecule has 7 rings (SSSR count). The molecule has 817 valence electrons. The molecule has 37 atom stereocenters. The number of aliphatic hydroxyl groups excluding tert-OH is 19. The molecule has 24 N–H and O–H groups in total. The highest BCUT2D eigenvalue weighted by atomic mass is 16.8. The van der Waals surface area contributed by atoms with Gasteiger partial charge >= 0.3 is 0 Å². The van der Waals surface area contributed by atoms with E-state index in [1.54, 1.807) is 12.5 Å². The van der Waals surface area contributed by atoms with Gasteiger partial charge in [-0.2, -0.15) is 0 Å². The summed E-state index contributed by atoms with van der Waals surface area (Å²) in [5.74, 6) is -16.3. The third kappa shape index (κ3) is 37.2. The van der Waals surface area contributed by atoms with Crippen LogP contribution in [-0.4, -0.2) is 417 Å². The fourth-order valence-corrected chi connectivity index (χ4v) is 19.0. The molecule has 141 heavy (non-hydrogen) atoms. The number of rotatable bonds is 65. The predicted molar refractivity (Wildman–Crippen MR) is 485 cm³/mol. The zero-order valence-electron chi connectivity index (χ0n) is 81.8. The second-order valence-electron chi connectivity index (χ2n) is 38.1. The summed E-state index contributed by atoms with van der Waals surface area (Å²) in [5.41, 5.74) is 0. The number of carboxylic acids is 2. The first kappa shape index (κ1) is 123. The number of aliphatic carboxylic acids is 2. The summed E-state index contributed by atoms with van der Waals surface area (Å²) in [5, 5.41) is 256. The van der Waals surface area contributed by atoms with Crippen LogP contribution in [0.25, 0.3) is 0 Å². The molecule has 7 heterocycles. The number of carbonyl (C=O) groups is 7. The highest BCUT2D eigenvalue weighted by molar-refractivity contribution is 5.77. The molecular weight excluding hydrogens is 1870 g/mol. The first-order chi connectivity index (χ1) is 67.3. The summed E-state index contributed by atoms with van der Waals surface area (Å²) >= 11 is 0. The molecular formula is C94H162N5O42-2. The van der Waals surface area contributed by atoms with E-state index in [0.717, 1.165) is 91.9 Å². The molecule has 47 nitrogen and oxygen atoms in total. The Morgan fingerprint density at radius 3 is 1.34 bits per heavy atom. The maximum absolute atomic E-state index is 14.5. The zero-order valence-corrected chi connectivity index (χ0v) is 81.8. The van der Waals surface area contributed by atoms with Crippen molar-refractivity contribution in [2.75, 3.05) is 52.9 Å². The number of carboxylic acid groups (broad SMARTS) is 2. The maximum Gasteiger partial charge on any atom is 0.220 e. The van der Waals surface area contributed by atoms with Gasteiger partial charge in [0.1, 0.15) is 128 Å². The Morgan fingerprint density at radius 1 is 0.418 bits per heavy atom. The highest BCUT2D eigenvalue weighted by Gasteiger charge is 2.62. The number of ether oxygens (including phenoxy) is 14. The lowest BCUT2D eigenvalue weighted by atomic mass is 9.87. The second kappa shape index (κ2) is 62.9. The van der Waals surface area contributed by atoms with E-state index in [-0.39, 0.29) is 18.7 Å². The number of hydrogen-bond donors (Lipinski definition) is 24. The lowest BCUT2D eigenvalue weighted by Gasteiger charge is -2.54. The molecule has 0 aromatic carbocycles. The molecule has 0 spiro atoms. The minimum atomic E-state index is -3.81. The van der Waals surface area contributed by atoms with Crippen molar-refractivity contribution in [1.82, 2.24) is 26.6 Å². The topological polar surface area (TPSA) is 739 Å². The maximum atomic E-state index is 14.5. The molecule has 47 heteroatoms. The van der Waals surface area contributed by atoms with Gasteiger partial charge in [-0.15, -0.1) is 0 Å². The second-order valence-corrected chi connectivity index (χ2v) is 38.1. The average Bonchev–Trinajstić information content (AvgIpc) is 0.741. The molecule has 1 radical (unpaired) electrons. The van der Waals surface area contributed by atoms with E-state index < -0.39 is 340 Å². The Hall–Kier alpha value is -5.29. The minimum absolute atomic E-state index is 0.170. The first-order valence-electron chi connectivity index (χ1n) is 50.3. The van der Waals surface area contributed by atoms with Gasteiger partial charge in [-0.25, -0.2) is 0 Å². The van der Waals surface area contributed by atoms with Crippen molar-refractivity contribution in [2.24, 2.45) is 0 Å². The van der Waals surface area contributed by atoms with Crippen molar-refractivity contribution < 1.29 is 207 Å². The normalized spacial score (nSPS) is 34.7. The van der Waals surface area contributed by atoms with Crippen LogP contribution in [0.5, 0.6) is 0 Å². The fourth-order valence-electron chi connectivity index (χ4n) is 19.0. The molecule has 7 saturated heterocycles. The minimum Gasteiger partial charge on any atom is -0.544 e. The van der Waals surface area contributed by atoms with Gasteiger partial charge in [0.05, 0.1) is 120 Å². The summed E-state index contributed by atoms with van der Waals surface area (Å²) < 4.78 is 86.0. The average molecular weight is 2030 g/mol. The number of allylic oxidation sites excluding steroid dienone is 1. The van der Waals surface area contributed by atoms with Crippen LogP contribution in [0.1, 0.15) is 253 Å². The van der Waals surface area contributed by atoms with Crippen LogP contribution in [0.2, 0.25) is 0 Å². The van der Waals surface area contributed by atoms with Crippen LogP contribution in [0.15, 0.2) is 12.2 Å². The Morgan fingerprint density at radius 2 is 0.851 bits per heavy atom. The quantitative estimate of drug-likeness (QED) is 0.0252. The SMILES string of the molecule is CCCCCCCCCCCCCC=C[CH][C@H](COC1OC(CO)C(OC2OC(CO)C(OC3OC(CO)CC(OC4OC(CO)CC(OC5CC(O)C(NC(C)=O)C(C(O)C(O)CO)O5)C4O)C3NC(C)=O)C(OC3(C(=O)[O-])CC(O)C(NC(C)=O)C(C(O)C(CO)OC4(C(=O)[O-])CC(O)C(NC(C)=O)C(C(O)C(O)CO)O4)O3)C2O)C(O)C1O)NC(=O)CCCCCCCCCCCCCCCCC. The Balaban J connectivity index is 1.21. The van der Waals surface area contributed by atoms with Gasteiger partial charge in [-0.3, -0.25) is 24.0 Å². The van der Waals surface area contributed by atoms with Crippen LogP contribution in [-0.2, 0) is 99.9 Å². The van der Waals surface area contributed by atoms with Crippen molar-refractivity contribution in [2.45, 2.75) is 479 Å². The van der Waals surface area contributed by atoms with Crippen molar-refractivity contribution in [3.8, 4) is 0 Å². The summed E-state index contributed by atoms with van der Waals surface area (Å²) in [4.78, 5) is 93.2. The summed E-state index contributed by atoms with van der Waals surface area (Å²) in [6.45, 7) is -0.318. The fraction of sp³-hybridized carbons (Fsp3) is 0.894. The molecule has 0 aromatic rings. The van der Waals surface area contributed by atoms with Crippen LogP contribution in [0, 0.1) is 6.42 Å². The van der Waals surface area contributed by atoms with E-state index in [0.29, 0.717) is 6.42 Å². The molecule has 0 aromatic heterocycles. The van der Waals surface area contributed by atoms with Crippen molar-refractivity contribution in [3.63, 3.8) is 0 Å². The summed E-state index contributed by atoms with van der Waals surface area (Å²) in [6.07, 6.45) is -31.9. The van der Waals surface area contributed by atoms with E-state index in [1.165, 1.54) is 103 Å². The Labute approximate surface area is 822 Å². The smallest absolute Gasteiger partial charge is 0.220 e. The standard InChI is InChI=1S/C94H164N5O42/c1-7-9-11-13-15-17-19-21-23-25-27-29-31-33-35-37-68(116)99-55(36-34-32-30-28-26-24-22-20-18-16-14-12-10-8-2)50-128-88-79(122)78(121)81(66(48-105)133-88)136-90-80(123)86(141-94(92(126)127)42-60(113)72(97-53(5)109)85(140-94)76(119)65(47-104)138-93(91(124)125)41-59(112)71(96-52(4)108)84(139-93)75(118)62(115)46-103)82(67(49-106)134-90)137-87-73(98-54(6)110)63(38-56(43-100)129-87)132-89-77(120)64(39-57(44-101)130-89)131-69-40-58(111)70(95-51(3)107)83(135-69)74(117)61(114)45-102/h32,34,36,55-67,69-90,100-106,111-115,117-123H,7-31,33,35,37-50H2,1-6H3,(H,95,107)(H,96,108)(H,97,109)(H,98,110)(H,99,116)(H,124,125)(H,126,127)/p-2/t55-,56?,57?,58?,59?,60?,61?,62?,63?,64?,65?,66?,67?,69?,70?,71?,72?,73?,74?,75?,76?,77?,78?,79?,80?,81?,82?,83?,84?,85?,86?,87?,88?,89?,90?,93?,94?/m1/s1. The molecule has 7 aliphatic heterocycles. The summed E-state index contributed by atoms with van der Waals surface area (Å²) in [7, 11) is 0. The van der Waals surface area contributed by atoms with Gasteiger partial charge in [0, 0.05) is 72.6 Å². The molecule has 0 saturated carbocycles. The van der Waals surface area contributed by atoms with Crippen molar-refractivity contribution >= 4 is 41.5 Å². The van der Waals surface area contributed by atoms with Crippen LogP contribution >= 0.6 is 0 Å². The van der Waals surface area contributed by atoms with Crippen molar-refractivity contribution in [1.29, 1.82) is 0 Å². The van der Waals surface area contributed by atoms with E-state index in [9.17, 15) is 141 Å². The Kier molecular flexibility index (Phi) is 54.7. The molecule has 0 aliphatic carbocycles. The van der Waals surface area contributed by atoms with Gasteiger partial charge in [0.2, 0.25) is 41.1 Å². The molecule has 0 bridgehead atoms. The van der Waals surface area contributed by atoms with Gasteiger partial charge in [-0.1, -0.05) is 180 Å². The van der Waals surface area contributed by atoms with Gasteiger partial charge < -0.3 is 210 Å².